The maximum absolute atomic E-state index is 12.4. The van der Waals surface area contributed by atoms with Gasteiger partial charge in [0.05, 0.1) is 4.90 Å². The Morgan fingerprint density at radius 3 is 2.31 bits per heavy atom. The molecule has 3 rings (SSSR count). The van der Waals surface area contributed by atoms with E-state index in [0.717, 1.165) is 5.56 Å². The van der Waals surface area contributed by atoms with E-state index in [4.69, 9.17) is 14.6 Å². The van der Waals surface area contributed by atoms with Gasteiger partial charge in [-0.3, -0.25) is 4.79 Å². The zero-order chi connectivity index (χ0) is 18.7. The van der Waals surface area contributed by atoms with Crippen molar-refractivity contribution in [2.75, 3.05) is 6.54 Å². The molecule has 26 heavy (non-hydrogen) atoms. The van der Waals surface area contributed by atoms with Crippen LogP contribution in [0, 0.1) is 0 Å². The highest BCUT2D eigenvalue weighted by atomic mass is 32.2. The average Bonchev–Trinajstić information content (AvgIpc) is 2.60. The van der Waals surface area contributed by atoms with Crippen molar-refractivity contribution in [3.63, 3.8) is 0 Å². The van der Waals surface area contributed by atoms with Crippen LogP contribution in [-0.4, -0.2) is 33.1 Å². The van der Waals surface area contributed by atoms with Crippen molar-refractivity contribution >= 4 is 15.9 Å². The molecule has 2 aromatic rings. The molecule has 1 heterocycles. The minimum Gasteiger partial charge on any atom is -0.482 e. The lowest BCUT2D eigenvalue weighted by atomic mass is 10.1. The third-order valence-corrected chi connectivity index (χ3v) is 4.99. The van der Waals surface area contributed by atoms with Crippen LogP contribution in [0.2, 0.25) is 0 Å². The number of rotatable bonds is 5. The second-order valence-corrected chi connectivity index (χ2v) is 7.60. The molecule has 2 aromatic carbocycles. The molecule has 0 saturated heterocycles. The van der Waals surface area contributed by atoms with Gasteiger partial charge in [-0.25, -0.2) is 13.6 Å². The SMILES string of the molecule is CC1Oc2ccccc2OC1C(=O)NCCc1ccc(S(N)(=O)=O)cc1. The van der Waals surface area contributed by atoms with E-state index in [1.165, 1.54) is 12.1 Å². The monoisotopic (exact) mass is 376 g/mol. The number of carbonyl (C=O) groups is 1. The summed E-state index contributed by atoms with van der Waals surface area (Å²) >= 11 is 0. The van der Waals surface area contributed by atoms with Crippen molar-refractivity contribution in [1.29, 1.82) is 0 Å². The predicted octanol–water partition coefficient (Wildman–Crippen LogP) is 1.22. The molecule has 3 N–H and O–H groups in total. The van der Waals surface area contributed by atoms with Gasteiger partial charge in [-0.15, -0.1) is 0 Å². The fourth-order valence-electron chi connectivity index (χ4n) is 2.68. The molecule has 0 aromatic heterocycles. The quantitative estimate of drug-likeness (QED) is 0.816. The van der Waals surface area contributed by atoms with Crippen molar-refractivity contribution in [3.8, 4) is 11.5 Å². The smallest absolute Gasteiger partial charge is 0.265 e. The summed E-state index contributed by atoms with van der Waals surface area (Å²) in [5.41, 5.74) is 0.886. The van der Waals surface area contributed by atoms with Gasteiger partial charge in [0.1, 0.15) is 6.10 Å². The first kappa shape index (κ1) is 18.2. The number of fused-ring (bicyclic) bond motifs is 1. The predicted molar refractivity (Wildman–Crippen MR) is 95.5 cm³/mol. The molecule has 0 aliphatic carbocycles. The molecule has 2 unspecified atom stereocenters. The molecule has 1 aliphatic rings. The van der Waals surface area contributed by atoms with Gasteiger partial charge in [0.15, 0.2) is 11.5 Å². The molecular weight excluding hydrogens is 356 g/mol. The van der Waals surface area contributed by atoms with Crippen LogP contribution in [-0.2, 0) is 21.2 Å². The molecule has 138 valence electrons. The molecule has 8 heteroatoms. The molecule has 0 radical (unpaired) electrons. The number of benzene rings is 2. The minimum absolute atomic E-state index is 0.0607. The fourth-order valence-corrected chi connectivity index (χ4v) is 3.20. The van der Waals surface area contributed by atoms with Gasteiger partial charge in [0.25, 0.3) is 5.91 Å². The summed E-state index contributed by atoms with van der Waals surface area (Å²) in [5.74, 6) is 0.913. The van der Waals surface area contributed by atoms with Crippen molar-refractivity contribution in [2.24, 2.45) is 5.14 Å². The molecule has 0 bridgehead atoms. The number of primary sulfonamides is 1. The second-order valence-electron chi connectivity index (χ2n) is 6.04. The summed E-state index contributed by atoms with van der Waals surface area (Å²) in [6.07, 6.45) is -0.580. The number of nitrogens with one attached hydrogen (secondary N) is 1. The number of para-hydroxylation sites is 2. The number of carbonyl (C=O) groups excluding carboxylic acids is 1. The van der Waals surface area contributed by atoms with Crippen LogP contribution >= 0.6 is 0 Å². The van der Waals surface area contributed by atoms with E-state index in [2.05, 4.69) is 5.32 Å². The highest BCUT2D eigenvalue weighted by Gasteiger charge is 2.33. The van der Waals surface area contributed by atoms with Gasteiger partial charge < -0.3 is 14.8 Å². The summed E-state index contributed by atoms with van der Waals surface area (Å²) in [5, 5.41) is 7.89. The van der Waals surface area contributed by atoms with Crippen LogP contribution in [0.25, 0.3) is 0 Å². The van der Waals surface area contributed by atoms with Crippen molar-refractivity contribution in [2.45, 2.75) is 30.4 Å². The maximum Gasteiger partial charge on any atom is 0.265 e. The number of nitrogens with two attached hydrogens (primary N) is 1. The van der Waals surface area contributed by atoms with Crippen LogP contribution in [0.4, 0.5) is 0 Å². The Morgan fingerprint density at radius 2 is 1.69 bits per heavy atom. The van der Waals surface area contributed by atoms with Crippen LogP contribution < -0.4 is 19.9 Å². The first-order valence-corrected chi connectivity index (χ1v) is 9.71. The molecule has 2 atom stereocenters. The maximum atomic E-state index is 12.4. The molecule has 0 spiro atoms. The Hall–Kier alpha value is -2.58. The van der Waals surface area contributed by atoms with E-state index >= 15 is 0 Å². The average molecular weight is 376 g/mol. The van der Waals surface area contributed by atoms with Gasteiger partial charge in [-0.1, -0.05) is 24.3 Å². The fraction of sp³-hybridized carbons (Fsp3) is 0.278. The third kappa shape index (κ3) is 4.14. The number of hydrogen-bond acceptors (Lipinski definition) is 5. The highest BCUT2D eigenvalue weighted by molar-refractivity contribution is 7.89. The van der Waals surface area contributed by atoms with Gasteiger partial charge in [0.2, 0.25) is 16.1 Å². The van der Waals surface area contributed by atoms with Gasteiger partial charge in [-0.05, 0) is 43.2 Å². The first-order chi connectivity index (χ1) is 12.3. The number of hydrogen-bond donors (Lipinski definition) is 2. The summed E-state index contributed by atoms with van der Waals surface area (Å²) in [6, 6.07) is 13.5. The van der Waals surface area contributed by atoms with E-state index in [0.29, 0.717) is 24.5 Å². The lowest BCUT2D eigenvalue weighted by Crippen LogP contribution is -2.49. The molecule has 1 aliphatic heterocycles. The van der Waals surface area contributed by atoms with Crippen LogP contribution in [0.3, 0.4) is 0 Å². The topological polar surface area (TPSA) is 108 Å². The standard InChI is InChI=1S/C18H20N2O5S/c1-12-17(25-16-5-3-2-4-15(16)24-12)18(21)20-11-10-13-6-8-14(9-7-13)26(19,22)23/h2-9,12,17H,10-11H2,1H3,(H,20,21)(H2,19,22,23). The van der Waals surface area contributed by atoms with Crippen LogP contribution in [0.5, 0.6) is 11.5 Å². The third-order valence-electron chi connectivity index (χ3n) is 4.07. The normalized spacial score (nSPS) is 19.0. The minimum atomic E-state index is -3.70. The van der Waals surface area contributed by atoms with Crippen molar-refractivity contribution in [3.05, 3.63) is 54.1 Å². The van der Waals surface area contributed by atoms with Crippen molar-refractivity contribution in [1.82, 2.24) is 5.32 Å². The zero-order valence-electron chi connectivity index (χ0n) is 14.2. The molecule has 7 nitrogen and oxygen atoms in total. The largest absolute Gasteiger partial charge is 0.482 e. The highest BCUT2D eigenvalue weighted by Crippen LogP contribution is 2.33. The lowest BCUT2D eigenvalue weighted by Gasteiger charge is -2.31. The van der Waals surface area contributed by atoms with E-state index in [9.17, 15) is 13.2 Å². The second kappa shape index (κ2) is 7.35. The molecular formula is C18H20N2O5S. The van der Waals surface area contributed by atoms with Gasteiger partial charge in [-0.2, -0.15) is 0 Å². The van der Waals surface area contributed by atoms with Gasteiger partial charge >= 0.3 is 0 Å². The Morgan fingerprint density at radius 1 is 1.08 bits per heavy atom. The lowest BCUT2D eigenvalue weighted by molar-refractivity contribution is -0.133. The summed E-state index contributed by atoms with van der Waals surface area (Å²) in [6.45, 7) is 2.17. The Labute approximate surface area is 152 Å². The van der Waals surface area contributed by atoms with E-state index < -0.39 is 22.2 Å². The summed E-state index contributed by atoms with van der Waals surface area (Å²) in [7, 11) is -3.70. The zero-order valence-corrected chi connectivity index (χ0v) is 15.0. The van der Waals surface area contributed by atoms with E-state index in [1.807, 2.05) is 12.1 Å². The Kier molecular flexibility index (Phi) is 5.15. The molecule has 0 saturated carbocycles. The van der Waals surface area contributed by atoms with Crippen LogP contribution in [0.15, 0.2) is 53.4 Å². The van der Waals surface area contributed by atoms with E-state index in [1.54, 1.807) is 31.2 Å². The first-order valence-electron chi connectivity index (χ1n) is 8.16. The summed E-state index contributed by atoms with van der Waals surface area (Å²) < 4.78 is 33.9. The Balaban J connectivity index is 1.54. The van der Waals surface area contributed by atoms with Crippen LogP contribution in [0.1, 0.15) is 12.5 Å². The summed E-state index contributed by atoms with van der Waals surface area (Å²) in [4.78, 5) is 12.4. The molecule has 0 fully saturated rings. The Bertz CT molecular complexity index is 896. The molecule has 1 amide bonds. The van der Waals surface area contributed by atoms with E-state index in [-0.39, 0.29) is 10.8 Å². The van der Waals surface area contributed by atoms with Crippen molar-refractivity contribution < 1.29 is 22.7 Å². The van der Waals surface area contributed by atoms with Gasteiger partial charge in [0, 0.05) is 6.54 Å². The number of sulfonamides is 1. The number of amides is 1. The number of ether oxygens (including phenoxy) is 2.